The third-order valence-electron chi connectivity index (χ3n) is 4.82. The number of rotatable bonds is 7. The van der Waals surface area contributed by atoms with Gasteiger partial charge >= 0.3 is 0 Å². The van der Waals surface area contributed by atoms with Crippen LogP contribution >= 0.6 is 0 Å². The summed E-state index contributed by atoms with van der Waals surface area (Å²) in [6.45, 7) is 6.75. The van der Waals surface area contributed by atoms with Crippen LogP contribution < -0.4 is 10.1 Å². The molecule has 3 heteroatoms. The quantitative estimate of drug-likeness (QED) is 0.613. The number of carbonyl (C=O) groups excluding carboxylic acids is 1. The first-order valence-corrected chi connectivity index (χ1v) is 9.51. The van der Waals surface area contributed by atoms with E-state index in [1.165, 1.54) is 22.3 Å². The van der Waals surface area contributed by atoms with Crippen molar-refractivity contribution in [3.63, 3.8) is 0 Å². The van der Waals surface area contributed by atoms with Gasteiger partial charge in [-0.2, -0.15) is 0 Å². The highest BCUT2D eigenvalue weighted by Crippen LogP contribution is 2.23. The monoisotopic (exact) mass is 372 g/mol. The second kappa shape index (κ2) is 9.23. The molecule has 1 radical (unpaired) electrons. The van der Waals surface area contributed by atoms with Gasteiger partial charge in [-0.1, -0.05) is 55.5 Å². The molecule has 0 spiro atoms. The molecule has 3 aromatic carbocycles. The Labute approximate surface area is 167 Å². The summed E-state index contributed by atoms with van der Waals surface area (Å²) in [4.78, 5) is 12.2. The summed E-state index contributed by atoms with van der Waals surface area (Å²) in [5.74, 6) is 0.968. The second-order valence-electron chi connectivity index (χ2n) is 6.95. The molecule has 3 nitrogen and oxygen atoms in total. The van der Waals surface area contributed by atoms with Gasteiger partial charge in [-0.05, 0) is 65.8 Å². The molecule has 0 aliphatic carbocycles. The number of ether oxygens (including phenoxy) is 1. The molecule has 0 aliphatic heterocycles. The summed E-state index contributed by atoms with van der Waals surface area (Å²) in [5, 5.41) is 2.96. The van der Waals surface area contributed by atoms with E-state index in [0.29, 0.717) is 18.0 Å². The van der Waals surface area contributed by atoms with Crippen molar-refractivity contribution in [2.45, 2.75) is 19.3 Å². The number of nitrogens with one attached hydrogen (secondary N) is 1. The van der Waals surface area contributed by atoms with E-state index in [0.717, 1.165) is 12.2 Å². The molecule has 0 bridgehead atoms. The first-order valence-electron chi connectivity index (χ1n) is 9.51. The van der Waals surface area contributed by atoms with Crippen LogP contribution in [0.25, 0.3) is 11.1 Å². The number of hydrogen-bond acceptors (Lipinski definition) is 2. The molecule has 143 valence electrons. The summed E-state index contributed by atoms with van der Waals surface area (Å²) in [7, 11) is 1.61. The van der Waals surface area contributed by atoms with Crippen molar-refractivity contribution in [3.8, 4) is 16.9 Å². The molecule has 3 aromatic rings. The Balaban J connectivity index is 1.53. The number of amides is 1. The summed E-state index contributed by atoms with van der Waals surface area (Å²) in [5.41, 5.74) is 5.46. The standard InChI is InChI=1S/C25H26NO2/c1-18(2)20-8-10-22(11-9-20)21-6-4-19(5-7-21)16-17-26-25(27)23-12-14-24(28-3)15-13-23/h4-15,18H,1,16-17H2,2-3H3,(H,26,27). The lowest BCUT2D eigenvalue weighted by Gasteiger charge is -2.09. The maximum Gasteiger partial charge on any atom is 0.251 e. The van der Waals surface area contributed by atoms with Crippen LogP contribution in [0.15, 0.2) is 72.8 Å². The first kappa shape index (κ1) is 19.7. The number of benzene rings is 3. The van der Waals surface area contributed by atoms with E-state index in [1.54, 1.807) is 31.4 Å². The van der Waals surface area contributed by atoms with Gasteiger partial charge in [0.25, 0.3) is 5.91 Å². The van der Waals surface area contributed by atoms with E-state index in [-0.39, 0.29) is 5.91 Å². The van der Waals surface area contributed by atoms with Crippen LogP contribution in [0.1, 0.15) is 34.3 Å². The topological polar surface area (TPSA) is 38.3 Å². The van der Waals surface area contributed by atoms with Gasteiger partial charge in [0.1, 0.15) is 5.75 Å². The average Bonchev–Trinajstić information content (AvgIpc) is 2.74. The first-order chi connectivity index (χ1) is 13.6. The summed E-state index contributed by atoms with van der Waals surface area (Å²) in [6.07, 6.45) is 0.792. The summed E-state index contributed by atoms with van der Waals surface area (Å²) in [6, 6.07) is 24.2. The van der Waals surface area contributed by atoms with Gasteiger partial charge in [-0.15, -0.1) is 0 Å². The zero-order valence-corrected chi connectivity index (χ0v) is 16.4. The minimum absolute atomic E-state index is 0.0704. The van der Waals surface area contributed by atoms with Gasteiger partial charge in [-0.3, -0.25) is 4.79 Å². The lowest BCUT2D eigenvalue weighted by Crippen LogP contribution is -2.25. The molecule has 0 heterocycles. The van der Waals surface area contributed by atoms with Crippen LogP contribution in [0.2, 0.25) is 0 Å². The Kier molecular flexibility index (Phi) is 6.49. The van der Waals surface area contributed by atoms with E-state index in [2.05, 4.69) is 67.7 Å². The maximum absolute atomic E-state index is 12.2. The van der Waals surface area contributed by atoms with Crippen molar-refractivity contribution in [1.29, 1.82) is 0 Å². The highest BCUT2D eigenvalue weighted by atomic mass is 16.5. The van der Waals surface area contributed by atoms with Crippen molar-refractivity contribution >= 4 is 5.91 Å². The van der Waals surface area contributed by atoms with Crippen molar-refractivity contribution in [2.75, 3.05) is 13.7 Å². The van der Waals surface area contributed by atoms with Gasteiger partial charge in [0.05, 0.1) is 7.11 Å². The molecule has 0 aromatic heterocycles. The SMILES string of the molecule is [CH2]C(C)c1ccc(-c2ccc(CCNC(=O)c3ccc(OC)cc3)cc2)cc1. The Bertz CT molecular complexity index is 895. The molecule has 28 heavy (non-hydrogen) atoms. The van der Waals surface area contributed by atoms with E-state index < -0.39 is 0 Å². The third kappa shape index (κ3) is 5.01. The highest BCUT2D eigenvalue weighted by Gasteiger charge is 2.05. The molecule has 1 unspecified atom stereocenters. The van der Waals surface area contributed by atoms with E-state index >= 15 is 0 Å². The van der Waals surface area contributed by atoms with Gasteiger partial charge in [0.15, 0.2) is 0 Å². The molecule has 0 fully saturated rings. The molecule has 0 saturated carbocycles. The van der Waals surface area contributed by atoms with E-state index in [4.69, 9.17) is 4.74 Å². The van der Waals surface area contributed by atoms with Crippen LogP contribution in [0.5, 0.6) is 5.75 Å². The Hall–Kier alpha value is -3.07. The highest BCUT2D eigenvalue weighted by molar-refractivity contribution is 5.94. The zero-order valence-electron chi connectivity index (χ0n) is 16.4. The molecular weight excluding hydrogens is 346 g/mol. The largest absolute Gasteiger partial charge is 0.497 e. The molecule has 3 rings (SSSR count). The predicted octanol–water partition coefficient (Wildman–Crippen LogP) is 5.27. The lowest BCUT2D eigenvalue weighted by atomic mass is 9.98. The fraction of sp³-hybridized carbons (Fsp3) is 0.200. The fourth-order valence-electron chi connectivity index (χ4n) is 3.03. The fourth-order valence-corrected chi connectivity index (χ4v) is 3.03. The molecule has 1 amide bonds. The third-order valence-corrected chi connectivity index (χ3v) is 4.82. The summed E-state index contributed by atoms with van der Waals surface area (Å²) >= 11 is 0. The predicted molar refractivity (Wildman–Crippen MR) is 115 cm³/mol. The maximum atomic E-state index is 12.2. The lowest BCUT2D eigenvalue weighted by molar-refractivity contribution is 0.0954. The average molecular weight is 372 g/mol. The van der Waals surface area contributed by atoms with Gasteiger partial charge in [-0.25, -0.2) is 0 Å². The molecule has 1 N–H and O–H groups in total. The number of hydrogen-bond donors (Lipinski definition) is 1. The molecule has 1 atom stereocenters. The van der Waals surface area contributed by atoms with Crippen LogP contribution in [-0.2, 0) is 6.42 Å². The summed E-state index contributed by atoms with van der Waals surface area (Å²) < 4.78 is 5.11. The van der Waals surface area contributed by atoms with Crippen molar-refractivity contribution in [2.24, 2.45) is 0 Å². The van der Waals surface area contributed by atoms with E-state index in [1.807, 2.05) is 0 Å². The minimum Gasteiger partial charge on any atom is -0.497 e. The normalized spacial score (nSPS) is 10.7. The van der Waals surface area contributed by atoms with Crippen LogP contribution in [0.4, 0.5) is 0 Å². The van der Waals surface area contributed by atoms with Crippen molar-refractivity contribution in [3.05, 3.63) is 96.4 Å². The van der Waals surface area contributed by atoms with Crippen LogP contribution in [0.3, 0.4) is 0 Å². The van der Waals surface area contributed by atoms with E-state index in [9.17, 15) is 4.79 Å². The smallest absolute Gasteiger partial charge is 0.251 e. The molecule has 0 saturated heterocycles. The van der Waals surface area contributed by atoms with Gasteiger partial charge in [0.2, 0.25) is 0 Å². The second-order valence-corrected chi connectivity index (χ2v) is 6.95. The number of carbonyl (C=O) groups is 1. The van der Waals surface area contributed by atoms with Crippen molar-refractivity contribution in [1.82, 2.24) is 5.32 Å². The Morgan fingerprint density at radius 1 is 0.929 bits per heavy atom. The Morgan fingerprint density at radius 2 is 1.50 bits per heavy atom. The molecular formula is C25H26NO2. The molecule has 0 aliphatic rings. The van der Waals surface area contributed by atoms with Crippen molar-refractivity contribution < 1.29 is 9.53 Å². The van der Waals surface area contributed by atoms with Gasteiger partial charge < -0.3 is 10.1 Å². The minimum atomic E-state index is -0.0704. The van der Waals surface area contributed by atoms with Crippen LogP contribution in [-0.4, -0.2) is 19.6 Å². The Morgan fingerprint density at radius 3 is 2.04 bits per heavy atom. The van der Waals surface area contributed by atoms with Crippen LogP contribution in [0, 0.1) is 6.92 Å². The number of methoxy groups -OCH3 is 1. The zero-order chi connectivity index (χ0) is 19.9. The van der Waals surface area contributed by atoms with Gasteiger partial charge in [0, 0.05) is 12.1 Å².